The van der Waals surface area contributed by atoms with Crippen molar-refractivity contribution in [3.8, 4) is 0 Å². The first-order valence-electron chi connectivity index (χ1n) is 6.89. The number of benzene rings is 2. The fourth-order valence-corrected chi connectivity index (χ4v) is 2.99. The van der Waals surface area contributed by atoms with Crippen LogP contribution in [0.5, 0.6) is 0 Å². The second kappa shape index (κ2) is 6.51. The Hall–Kier alpha value is -1.19. The fourth-order valence-electron chi connectivity index (χ4n) is 2.40. The largest absolute Gasteiger partial charge is 0.320 e. The van der Waals surface area contributed by atoms with Crippen LogP contribution in [-0.2, 0) is 12.8 Å². The van der Waals surface area contributed by atoms with Crippen LogP contribution in [-0.4, -0.2) is 0 Å². The summed E-state index contributed by atoms with van der Waals surface area (Å²) in [5.74, 6) is -0.258. The molecule has 0 aliphatic heterocycles. The van der Waals surface area contributed by atoms with E-state index in [1.807, 2.05) is 0 Å². The summed E-state index contributed by atoms with van der Waals surface area (Å²) in [6.45, 7) is 4.25. The molecule has 0 radical (unpaired) electrons. The van der Waals surface area contributed by atoms with E-state index in [1.165, 1.54) is 23.3 Å². The van der Waals surface area contributed by atoms with Crippen LogP contribution in [0.15, 0.2) is 40.9 Å². The van der Waals surface area contributed by atoms with Crippen LogP contribution in [0, 0.1) is 5.82 Å². The van der Waals surface area contributed by atoms with Gasteiger partial charge in [-0.2, -0.15) is 0 Å². The zero-order chi connectivity index (χ0) is 14.7. The van der Waals surface area contributed by atoms with E-state index in [9.17, 15) is 4.39 Å². The molecule has 1 unspecified atom stereocenters. The molecule has 1 nitrogen and oxygen atoms in total. The van der Waals surface area contributed by atoms with Gasteiger partial charge in [-0.1, -0.05) is 54.0 Å². The minimum absolute atomic E-state index is 0.244. The highest BCUT2D eigenvalue weighted by Gasteiger charge is 2.16. The van der Waals surface area contributed by atoms with Crippen LogP contribution in [0.25, 0.3) is 0 Å². The lowest BCUT2D eigenvalue weighted by atomic mass is 9.92. The third-order valence-electron chi connectivity index (χ3n) is 3.63. The first-order chi connectivity index (χ1) is 9.56. The van der Waals surface area contributed by atoms with Crippen molar-refractivity contribution >= 4 is 15.9 Å². The third-order valence-corrected chi connectivity index (χ3v) is 4.32. The average molecular weight is 336 g/mol. The maximum absolute atomic E-state index is 13.2. The smallest absolute Gasteiger partial charge is 0.124 e. The molecule has 0 heterocycles. The molecule has 0 saturated heterocycles. The van der Waals surface area contributed by atoms with Crippen LogP contribution < -0.4 is 5.73 Å². The van der Waals surface area contributed by atoms with E-state index in [0.717, 1.165) is 24.0 Å². The molecular weight excluding hydrogens is 317 g/mol. The van der Waals surface area contributed by atoms with Crippen molar-refractivity contribution in [2.24, 2.45) is 5.73 Å². The molecule has 2 rings (SSSR count). The van der Waals surface area contributed by atoms with E-state index < -0.39 is 0 Å². The SMILES string of the molecule is CCc1ccc(CC)c(C(N)c2ccc(F)cc2Br)c1. The zero-order valence-electron chi connectivity index (χ0n) is 11.8. The van der Waals surface area contributed by atoms with Gasteiger partial charge in [-0.15, -0.1) is 0 Å². The van der Waals surface area contributed by atoms with Crippen molar-refractivity contribution in [3.05, 3.63) is 68.9 Å². The summed E-state index contributed by atoms with van der Waals surface area (Å²) in [7, 11) is 0. The minimum atomic E-state index is -0.258. The van der Waals surface area contributed by atoms with Crippen LogP contribution in [0.3, 0.4) is 0 Å². The Morgan fingerprint density at radius 1 is 1.05 bits per heavy atom. The number of nitrogens with two attached hydrogens (primary N) is 1. The molecule has 0 amide bonds. The Morgan fingerprint density at radius 2 is 1.80 bits per heavy atom. The lowest BCUT2D eigenvalue weighted by molar-refractivity contribution is 0.625. The molecule has 0 saturated carbocycles. The van der Waals surface area contributed by atoms with Crippen LogP contribution in [0.2, 0.25) is 0 Å². The molecule has 0 spiro atoms. The number of halogens is 2. The Kier molecular flexibility index (Phi) is 4.95. The maximum Gasteiger partial charge on any atom is 0.124 e. The standard InChI is InChI=1S/C17H19BrFN/c1-3-11-5-6-12(4-2)15(9-11)17(20)14-8-7-13(19)10-16(14)18/h5-10,17H,3-4,20H2,1-2H3. The van der Waals surface area contributed by atoms with E-state index in [2.05, 4.69) is 48.0 Å². The van der Waals surface area contributed by atoms with Gasteiger partial charge in [-0.05, 0) is 47.2 Å². The van der Waals surface area contributed by atoms with Crippen molar-refractivity contribution in [2.45, 2.75) is 32.7 Å². The van der Waals surface area contributed by atoms with Gasteiger partial charge in [-0.25, -0.2) is 4.39 Å². The second-order valence-corrected chi connectivity index (χ2v) is 5.74. The van der Waals surface area contributed by atoms with Crippen LogP contribution in [0.1, 0.15) is 42.1 Å². The average Bonchev–Trinajstić information content (AvgIpc) is 2.46. The second-order valence-electron chi connectivity index (χ2n) is 4.88. The van der Waals surface area contributed by atoms with E-state index in [4.69, 9.17) is 5.73 Å². The van der Waals surface area contributed by atoms with Gasteiger partial charge >= 0.3 is 0 Å². The first kappa shape index (κ1) is 15.2. The van der Waals surface area contributed by atoms with Crippen molar-refractivity contribution in [3.63, 3.8) is 0 Å². The summed E-state index contributed by atoms with van der Waals surface area (Å²) < 4.78 is 13.9. The molecule has 0 aromatic heterocycles. The maximum atomic E-state index is 13.2. The molecule has 2 aromatic rings. The number of rotatable bonds is 4. The normalized spacial score (nSPS) is 12.4. The predicted molar refractivity (Wildman–Crippen MR) is 85.3 cm³/mol. The lowest BCUT2D eigenvalue weighted by Gasteiger charge is -2.19. The first-order valence-corrected chi connectivity index (χ1v) is 7.68. The highest BCUT2D eigenvalue weighted by Crippen LogP contribution is 2.30. The minimum Gasteiger partial charge on any atom is -0.320 e. The molecule has 0 fully saturated rings. The molecule has 2 aromatic carbocycles. The predicted octanol–water partition coefficient (Wildman–Crippen LogP) is 4.76. The number of aryl methyl sites for hydroxylation is 2. The van der Waals surface area contributed by atoms with E-state index in [1.54, 1.807) is 6.07 Å². The summed E-state index contributed by atoms with van der Waals surface area (Å²) >= 11 is 3.41. The Balaban J connectivity index is 2.48. The van der Waals surface area contributed by atoms with Gasteiger partial charge in [0.2, 0.25) is 0 Å². The molecule has 20 heavy (non-hydrogen) atoms. The molecule has 0 aliphatic carbocycles. The fraction of sp³-hybridized carbons (Fsp3) is 0.294. The van der Waals surface area contributed by atoms with Gasteiger partial charge in [0.1, 0.15) is 5.82 Å². The third kappa shape index (κ3) is 3.10. The Bertz CT molecular complexity index is 610. The van der Waals surface area contributed by atoms with Crippen molar-refractivity contribution in [1.29, 1.82) is 0 Å². The Labute approximate surface area is 128 Å². The number of hydrogen-bond acceptors (Lipinski definition) is 1. The van der Waals surface area contributed by atoms with E-state index in [-0.39, 0.29) is 11.9 Å². The quantitative estimate of drug-likeness (QED) is 0.856. The van der Waals surface area contributed by atoms with Gasteiger partial charge < -0.3 is 5.73 Å². The van der Waals surface area contributed by atoms with Gasteiger partial charge in [-0.3, -0.25) is 0 Å². The summed E-state index contributed by atoms with van der Waals surface area (Å²) in [4.78, 5) is 0. The molecule has 0 aliphatic rings. The van der Waals surface area contributed by atoms with Crippen molar-refractivity contribution in [2.75, 3.05) is 0 Å². The lowest BCUT2D eigenvalue weighted by Crippen LogP contribution is -2.15. The van der Waals surface area contributed by atoms with Crippen molar-refractivity contribution in [1.82, 2.24) is 0 Å². The van der Waals surface area contributed by atoms with E-state index >= 15 is 0 Å². The van der Waals surface area contributed by atoms with Gasteiger partial charge in [0.15, 0.2) is 0 Å². The summed E-state index contributed by atoms with van der Waals surface area (Å²) in [6, 6.07) is 10.9. The van der Waals surface area contributed by atoms with E-state index in [0.29, 0.717) is 4.47 Å². The van der Waals surface area contributed by atoms with Gasteiger partial charge in [0, 0.05) is 4.47 Å². The van der Waals surface area contributed by atoms with Crippen molar-refractivity contribution < 1.29 is 4.39 Å². The summed E-state index contributed by atoms with van der Waals surface area (Å²) in [5.41, 5.74) is 11.0. The highest BCUT2D eigenvalue weighted by molar-refractivity contribution is 9.10. The van der Waals surface area contributed by atoms with Crippen LogP contribution >= 0.6 is 15.9 Å². The van der Waals surface area contributed by atoms with Crippen LogP contribution in [0.4, 0.5) is 4.39 Å². The highest BCUT2D eigenvalue weighted by atomic mass is 79.9. The van der Waals surface area contributed by atoms with Gasteiger partial charge in [0.25, 0.3) is 0 Å². The Morgan fingerprint density at radius 3 is 2.40 bits per heavy atom. The molecule has 3 heteroatoms. The molecule has 1 atom stereocenters. The molecule has 2 N–H and O–H groups in total. The zero-order valence-corrected chi connectivity index (χ0v) is 13.4. The topological polar surface area (TPSA) is 26.0 Å². The molecule has 0 bridgehead atoms. The monoisotopic (exact) mass is 335 g/mol. The molecular formula is C17H19BrFN. The number of hydrogen-bond donors (Lipinski definition) is 1. The van der Waals surface area contributed by atoms with Gasteiger partial charge in [0.05, 0.1) is 6.04 Å². The summed E-state index contributed by atoms with van der Waals surface area (Å²) in [5, 5.41) is 0. The molecule has 106 valence electrons. The summed E-state index contributed by atoms with van der Waals surface area (Å²) in [6.07, 6.45) is 1.92.